The normalized spacial score (nSPS) is 23.0. The van der Waals surface area contributed by atoms with Crippen LogP contribution in [0.3, 0.4) is 0 Å². The summed E-state index contributed by atoms with van der Waals surface area (Å²) in [5, 5.41) is 5.14. The number of hydrogen-bond donors (Lipinski definition) is 1. The van der Waals surface area contributed by atoms with Crippen LogP contribution in [0.25, 0.3) is 5.57 Å². The van der Waals surface area contributed by atoms with Crippen LogP contribution in [0.5, 0.6) is 0 Å². The summed E-state index contributed by atoms with van der Waals surface area (Å²) in [6.07, 6.45) is 2.05. The van der Waals surface area contributed by atoms with Crippen molar-refractivity contribution in [2.45, 2.75) is 45.3 Å². The first-order chi connectivity index (χ1) is 20.6. The van der Waals surface area contributed by atoms with Crippen LogP contribution in [0.1, 0.15) is 39.7 Å². The van der Waals surface area contributed by atoms with E-state index >= 15 is 4.39 Å². The number of ether oxygens (including phenoxy) is 1. The first-order valence-electron chi connectivity index (χ1n) is 15.1. The predicted molar refractivity (Wildman–Crippen MR) is 169 cm³/mol. The molecule has 2 fully saturated rings. The lowest BCUT2D eigenvalue weighted by molar-refractivity contribution is -0.119. The average molecular weight is 599 g/mol. The number of cyclic esters (lactones) is 1. The van der Waals surface area contributed by atoms with E-state index in [2.05, 4.69) is 92.8 Å². The lowest BCUT2D eigenvalue weighted by Crippen LogP contribution is -2.66. The summed E-state index contributed by atoms with van der Waals surface area (Å²) in [6, 6.07) is 26.3. The van der Waals surface area contributed by atoms with Gasteiger partial charge in [0.05, 0.1) is 18.8 Å². The minimum absolute atomic E-state index is 0.0721. The fourth-order valence-corrected chi connectivity index (χ4v) is 11.6. The number of nitrogens with zero attached hydrogens (tertiary/aromatic N) is 1. The Morgan fingerprint density at radius 1 is 1.05 bits per heavy atom. The lowest BCUT2D eigenvalue weighted by atomic mass is 10.00. The molecule has 43 heavy (non-hydrogen) atoms. The van der Waals surface area contributed by atoms with Crippen LogP contribution in [0.15, 0.2) is 84.9 Å². The summed E-state index contributed by atoms with van der Waals surface area (Å²) in [6.45, 7) is 9.47. The van der Waals surface area contributed by atoms with Crippen molar-refractivity contribution < 1.29 is 23.1 Å². The van der Waals surface area contributed by atoms with Crippen LogP contribution in [-0.4, -0.2) is 46.1 Å². The van der Waals surface area contributed by atoms with E-state index in [0.29, 0.717) is 35.6 Å². The quantitative estimate of drug-likeness (QED) is 0.330. The van der Waals surface area contributed by atoms with Gasteiger partial charge in [-0.25, -0.2) is 9.18 Å². The van der Waals surface area contributed by atoms with Gasteiger partial charge in [0.25, 0.3) is 8.32 Å². The predicted octanol–water partition coefficient (Wildman–Crippen LogP) is 5.51. The van der Waals surface area contributed by atoms with Crippen molar-refractivity contribution in [2.24, 2.45) is 17.8 Å². The van der Waals surface area contributed by atoms with E-state index in [0.717, 1.165) is 12.0 Å². The first kappa shape index (κ1) is 29.3. The van der Waals surface area contributed by atoms with Gasteiger partial charge in [-0.15, -0.1) is 0 Å². The molecule has 8 heteroatoms. The number of carbonyl (C=O) groups excluding carboxylic acids is 2. The monoisotopic (exact) mass is 598 g/mol. The smallest absolute Gasteiger partial charge is 0.414 e. The highest BCUT2D eigenvalue weighted by atomic mass is 28.4. The van der Waals surface area contributed by atoms with Crippen LogP contribution in [-0.2, 0) is 14.0 Å². The van der Waals surface area contributed by atoms with E-state index in [4.69, 9.17) is 9.16 Å². The molecular formula is C35H39FN2O4Si. The minimum Gasteiger partial charge on any atom is -0.442 e. The fourth-order valence-electron chi connectivity index (χ4n) is 7.01. The summed E-state index contributed by atoms with van der Waals surface area (Å²) < 4.78 is 27.9. The van der Waals surface area contributed by atoms with Crippen LogP contribution < -0.4 is 20.6 Å². The second-order valence-corrected chi connectivity index (χ2v) is 17.3. The second kappa shape index (κ2) is 11.4. The molecular weight excluding hydrogens is 559 g/mol. The number of allylic oxidation sites excluding steroid dienone is 2. The van der Waals surface area contributed by atoms with Gasteiger partial charge in [-0.2, -0.15) is 0 Å². The molecule has 4 atom stereocenters. The number of anilines is 1. The molecule has 1 N–H and O–H groups in total. The van der Waals surface area contributed by atoms with Gasteiger partial charge >= 0.3 is 6.09 Å². The number of amides is 2. The number of rotatable bonds is 9. The standard InChI is InChI=1S/C35H39FN2O4Si/c1-23(39)37-20-26-21-38(34(40)42-26)25-15-16-29(33(36)19-25)24-17-30-31(18-24)32(30)22-41-43(35(2,3)4,27-11-7-5-8-12-27)28-13-9-6-10-14-28/h5-17,19,26,30-32H,18,20-22H2,1-4H3,(H,37,39)/t26-,30+,31-,32+/m0/s1. The molecule has 1 saturated heterocycles. The first-order valence-corrected chi connectivity index (χ1v) is 17.0. The molecule has 2 aliphatic carbocycles. The number of nitrogens with one attached hydrogen (secondary N) is 1. The second-order valence-electron chi connectivity index (χ2n) is 13.0. The highest BCUT2D eigenvalue weighted by Crippen LogP contribution is 2.58. The minimum atomic E-state index is -2.59. The number of carbonyl (C=O) groups is 2. The molecule has 1 heterocycles. The van der Waals surface area contributed by atoms with Gasteiger partial charge in [0.15, 0.2) is 0 Å². The maximum atomic E-state index is 15.4. The van der Waals surface area contributed by atoms with Crippen molar-refractivity contribution in [2.75, 3.05) is 24.6 Å². The molecule has 0 radical (unpaired) electrons. The van der Waals surface area contributed by atoms with Crippen LogP contribution in [0.4, 0.5) is 14.9 Å². The van der Waals surface area contributed by atoms with Crippen LogP contribution in [0.2, 0.25) is 5.04 Å². The molecule has 1 aliphatic heterocycles. The topological polar surface area (TPSA) is 67.9 Å². The van der Waals surface area contributed by atoms with Crippen LogP contribution in [0, 0.1) is 23.6 Å². The highest BCUT2D eigenvalue weighted by Gasteiger charge is 2.56. The van der Waals surface area contributed by atoms with Crippen molar-refractivity contribution >= 4 is 42.0 Å². The Kier molecular flexibility index (Phi) is 7.77. The summed E-state index contributed by atoms with van der Waals surface area (Å²) >= 11 is 0. The van der Waals surface area contributed by atoms with E-state index in [-0.39, 0.29) is 29.9 Å². The summed E-state index contributed by atoms with van der Waals surface area (Å²) in [5.41, 5.74) is 2.06. The lowest BCUT2D eigenvalue weighted by Gasteiger charge is -2.43. The fraction of sp³-hybridized carbons (Fsp3) is 0.371. The zero-order valence-corrected chi connectivity index (χ0v) is 26.2. The molecule has 0 aromatic heterocycles. The third-order valence-electron chi connectivity index (χ3n) is 9.22. The van der Waals surface area contributed by atoms with Crippen molar-refractivity contribution in [3.05, 3.63) is 96.3 Å². The van der Waals surface area contributed by atoms with Crippen molar-refractivity contribution in [1.29, 1.82) is 0 Å². The van der Waals surface area contributed by atoms with E-state index in [1.54, 1.807) is 12.1 Å². The summed E-state index contributed by atoms with van der Waals surface area (Å²) in [5.74, 6) is 0.728. The van der Waals surface area contributed by atoms with Crippen molar-refractivity contribution in [3.8, 4) is 0 Å². The van der Waals surface area contributed by atoms with Crippen LogP contribution >= 0.6 is 0 Å². The zero-order valence-electron chi connectivity index (χ0n) is 25.2. The largest absolute Gasteiger partial charge is 0.442 e. The van der Waals surface area contributed by atoms with Gasteiger partial charge < -0.3 is 14.5 Å². The molecule has 1 saturated carbocycles. The molecule has 6 rings (SSSR count). The van der Waals surface area contributed by atoms with Crippen molar-refractivity contribution in [3.63, 3.8) is 0 Å². The Balaban J connectivity index is 1.16. The molecule has 224 valence electrons. The maximum Gasteiger partial charge on any atom is 0.414 e. The molecule has 2 amide bonds. The average Bonchev–Trinajstić information content (AvgIpc) is 3.27. The number of halogens is 1. The molecule has 6 nitrogen and oxygen atoms in total. The molecule has 0 unspecified atom stereocenters. The van der Waals surface area contributed by atoms with E-state index in [1.807, 2.05) is 0 Å². The Bertz CT molecular complexity index is 1500. The Morgan fingerprint density at radius 2 is 1.70 bits per heavy atom. The Hall–Kier alpha value is -3.75. The van der Waals surface area contributed by atoms with Crippen molar-refractivity contribution in [1.82, 2.24) is 5.32 Å². The van der Waals surface area contributed by atoms with Gasteiger partial charge in [-0.1, -0.05) is 87.5 Å². The maximum absolute atomic E-state index is 15.4. The Morgan fingerprint density at radius 3 is 2.23 bits per heavy atom. The number of fused-ring (bicyclic) bond motifs is 1. The van der Waals surface area contributed by atoms with Gasteiger partial charge in [-0.3, -0.25) is 9.69 Å². The molecule has 0 spiro atoms. The molecule has 3 aromatic rings. The van der Waals surface area contributed by atoms with Gasteiger partial charge in [-0.05, 0) is 63.4 Å². The van der Waals surface area contributed by atoms with E-state index < -0.39 is 20.5 Å². The van der Waals surface area contributed by atoms with Gasteiger partial charge in [0, 0.05) is 19.1 Å². The third kappa shape index (κ3) is 5.54. The number of benzene rings is 3. The summed E-state index contributed by atoms with van der Waals surface area (Å²) in [4.78, 5) is 25.0. The molecule has 3 aromatic carbocycles. The highest BCUT2D eigenvalue weighted by molar-refractivity contribution is 6.99. The third-order valence-corrected chi connectivity index (χ3v) is 14.2. The van der Waals surface area contributed by atoms with E-state index in [1.165, 1.54) is 28.3 Å². The summed E-state index contributed by atoms with van der Waals surface area (Å²) in [7, 11) is -2.59. The Labute approximate surface area is 254 Å². The number of hydrogen-bond acceptors (Lipinski definition) is 4. The molecule has 3 aliphatic rings. The molecule has 0 bridgehead atoms. The zero-order chi connectivity index (χ0) is 30.4. The van der Waals surface area contributed by atoms with Gasteiger partial charge in [0.2, 0.25) is 5.91 Å². The van der Waals surface area contributed by atoms with E-state index in [9.17, 15) is 9.59 Å². The SMILES string of the molecule is CC(=O)NC[C@H]1CN(c2ccc(C3=C[C@H]4[C@@H](CO[Si](c5ccccc5)(c5ccccc5)C(C)(C)C)[C@H]4C3)c(F)c2)C(=O)O1. The van der Waals surface area contributed by atoms with Gasteiger partial charge in [0.1, 0.15) is 11.9 Å².